The first-order valence-electron chi connectivity index (χ1n) is 10.5. The summed E-state index contributed by atoms with van der Waals surface area (Å²) in [6.45, 7) is 8.04. The van der Waals surface area contributed by atoms with Gasteiger partial charge in [-0.1, -0.05) is 29.8 Å². The van der Waals surface area contributed by atoms with Gasteiger partial charge in [0.25, 0.3) is 0 Å². The van der Waals surface area contributed by atoms with Crippen molar-refractivity contribution in [2.45, 2.75) is 46.7 Å². The lowest BCUT2D eigenvalue weighted by Crippen LogP contribution is -2.47. The number of para-hydroxylation sites is 1. The number of fused-ring (bicyclic) bond motifs is 2. The van der Waals surface area contributed by atoms with E-state index >= 15 is 0 Å². The van der Waals surface area contributed by atoms with Crippen molar-refractivity contribution in [3.05, 3.63) is 70.5 Å². The average molecular weight is 417 g/mol. The molecule has 0 saturated carbocycles. The van der Waals surface area contributed by atoms with Gasteiger partial charge in [-0.15, -0.1) is 0 Å². The van der Waals surface area contributed by atoms with E-state index in [1.54, 1.807) is 0 Å². The Morgan fingerprint density at radius 1 is 1.03 bits per heavy atom. The summed E-state index contributed by atoms with van der Waals surface area (Å²) >= 11 is 0. The van der Waals surface area contributed by atoms with E-state index in [1.807, 2.05) is 30.5 Å². The number of aryl methyl sites for hydroxylation is 3. The first kappa shape index (κ1) is 20.7. The molecule has 1 atom stereocenters. The number of aromatic amines is 2. The molecule has 0 fully saturated rings. The summed E-state index contributed by atoms with van der Waals surface area (Å²) in [5.74, 6) is -0.427. The average Bonchev–Trinajstić information content (AvgIpc) is 3.26. The Labute approximate surface area is 181 Å². The van der Waals surface area contributed by atoms with Gasteiger partial charge in [0.1, 0.15) is 6.04 Å². The number of hydrogen-bond acceptors (Lipinski definition) is 2. The van der Waals surface area contributed by atoms with Crippen LogP contribution in [-0.4, -0.2) is 27.8 Å². The van der Waals surface area contributed by atoms with Crippen molar-refractivity contribution in [1.82, 2.24) is 20.6 Å². The van der Waals surface area contributed by atoms with Gasteiger partial charge in [0.15, 0.2) is 0 Å². The molecule has 1 unspecified atom stereocenters. The Morgan fingerprint density at radius 3 is 2.58 bits per heavy atom. The lowest BCUT2D eigenvalue weighted by Gasteiger charge is -2.18. The van der Waals surface area contributed by atoms with Crippen LogP contribution < -0.4 is 10.6 Å². The van der Waals surface area contributed by atoms with Gasteiger partial charge in [-0.25, -0.2) is 0 Å². The molecule has 31 heavy (non-hydrogen) atoms. The molecule has 2 amide bonds. The van der Waals surface area contributed by atoms with E-state index in [-0.39, 0.29) is 11.8 Å². The van der Waals surface area contributed by atoms with Crippen LogP contribution in [0.5, 0.6) is 0 Å². The highest BCUT2D eigenvalue weighted by atomic mass is 16.2. The molecule has 160 valence electrons. The summed E-state index contributed by atoms with van der Waals surface area (Å²) in [6.07, 6.45) is 2.32. The van der Waals surface area contributed by atoms with Crippen LogP contribution in [0.3, 0.4) is 0 Å². The number of carbonyl (C=O) groups excluding carboxylic acids is 2. The van der Waals surface area contributed by atoms with Crippen LogP contribution in [-0.2, 0) is 22.6 Å². The fourth-order valence-electron chi connectivity index (χ4n) is 4.21. The van der Waals surface area contributed by atoms with Gasteiger partial charge in [0.05, 0.1) is 5.52 Å². The van der Waals surface area contributed by atoms with Crippen LogP contribution in [0.2, 0.25) is 0 Å². The molecule has 4 N–H and O–H groups in total. The fraction of sp³-hybridized carbons (Fsp3) is 0.280. The van der Waals surface area contributed by atoms with Gasteiger partial charge in [0, 0.05) is 48.1 Å². The third-order valence-corrected chi connectivity index (χ3v) is 5.89. The van der Waals surface area contributed by atoms with Crippen LogP contribution in [0, 0.1) is 20.8 Å². The summed E-state index contributed by atoms with van der Waals surface area (Å²) in [5, 5.41) is 8.08. The molecule has 0 spiro atoms. The van der Waals surface area contributed by atoms with Crippen LogP contribution in [0.4, 0.5) is 0 Å². The highest BCUT2D eigenvalue weighted by molar-refractivity contribution is 5.90. The molecular formula is C25H28N4O2. The molecule has 0 radical (unpaired) electrons. The van der Waals surface area contributed by atoms with Gasteiger partial charge in [-0.05, 0) is 49.6 Å². The van der Waals surface area contributed by atoms with Crippen molar-refractivity contribution in [1.29, 1.82) is 0 Å². The zero-order valence-electron chi connectivity index (χ0n) is 18.3. The lowest BCUT2D eigenvalue weighted by atomic mass is 10.0. The molecule has 2 heterocycles. The van der Waals surface area contributed by atoms with Gasteiger partial charge < -0.3 is 20.6 Å². The minimum atomic E-state index is -0.649. The summed E-state index contributed by atoms with van der Waals surface area (Å²) in [4.78, 5) is 31.5. The normalized spacial score (nSPS) is 12.3. The highest BCUT2D eigenvalue weighted by Gasteiger charge is 2.22. The smallest absolute Gasteiger partial charge is 0.243 e. The summed E-state index contributed by atoms with van der Waals surface area (Å²) in [7, 11) is 0. The van der Waals surface area contributed by atoms with Crippen molar-refractivity contribution in [2.24, 2.45) is 0 Å². The Morgan fingerprint density at radius 2 is 1.81 bits per heavy atom. The van der Waals surface area contributed by atoms with Crippen LogP contribution >= 0.6 is 0 Å². The number of amides is 2. The molecule has 0 aliphatic heterocycles. The molecule has 0 saturated heterocycles. The quantitative estimate of drug-likeness (QED) is 0.384. The van der Waals surface area contributed by atoms with Crippen molar-refractivity contribution in [3.8, 4) is 0 Å². The van der Waals surface area contributed by atoms with E-state index in [2.05, 4.69) is 53.5 Å². The molecule has 6 heteroatoms. The maximum absolute atomic E-state index is 13.1. The predicted octanol–water partition coefficient (Wildman–Crippen LogP) is 3.94. The van der Waals surface area contributed by atoms with Gasteiger partial charge >= 0.3 is 0 Å². The highest BCUT2D eigenvalue weighted by Crippen LogP contribution is 2.26. The maximum atomic E-state index is 13.1. The number of carbonyl (C=O) groups is 2. The second-order valence-electron chi connectivity index (χ2n) is 8.26. The number of rotatable bonds is 6. The van der Waals surface area contributed by atoms with Gasteiger partial charge in [0.2, 0.25) is 11.8 Å². The lowest BCUT2D eigenvalue weighted by molar-refractivity contribution is -0.128. The fourth-order valence-corrected chi connectivity index (χ4v) is 4.21. The number of nitrogens with one attached hydrogen (secondary N) is 4. The Kier molecular flexibility index (Phi) is 5.55. The molecular weight excluding hydrogens is 388 g/mol. The molecule has 4 aromatic rings. The van der Waals surface area contributed by atoms with Gasteiger partial charge in [-0.3, -0.25) is 9.59 Å². The standard InChI is InChI=1S/C25H28N4O2/c1-14-9-19(24-21(10-14)15(2)16(3)28-24)13-27-25(31)23(29-17(4)30)11-18-12-26-22-8-6-5-7-20(18)22/h5-10,12,23,26,28H,11,13H2,1-4H3,(H,27,31)(H,29,30). The number of hydrogen-bond donors (Lipinski definition) is 4. The number of aromatic nitrogens is 2. The summed E-state index contributed by atoms with van der Waals surface area (Å²) in [5.41, 5.74) is 7.60. The van der Waals surface area contributed by atoms with Crippen molar-refractivity contribution < 1.29 is 9.59 Å². The predicted molar refractivity (Wildman–Crippen MR) is 124 cm³/mol. The van der Waals surface area contributed by atoms with Crippen LogP contribution in [0.25, 0.3) is 21.8 Å². The summed E-state index contributed by atoms with van der Waals surface area (Å²) < 4.78 is 0. The molecule has 2 aromatic heterocycles. The van der Waals surface area contributed by atoms with Crippen LogP contribution in [0.15, 0.2) is 42.6 Å². The molecule has 2 aromatic carbocycles. The van der Waals surface area contributed by atoms with E-state index in [9.17, 15) is 9.59 Å². The minimum absolute atomic E-state index is 0.199. The molecule has 0 aliphatic rings. The second kappa shape index (κ2) is 8.30. The first-order valence-corrected chi connectivity index (χ1v) is 10.5. The van der Waals surface area contributed by atoms with Crippen LogP contribution in [0.1, 0.15) is 34.9 Å². The largest absolute Gasteiger partial charge is 0.361 e. The third kappa shape index (κ3) is 4.19. The monoisotopic (exact) mass is 416 g/mol. The molecule has 6 nitrogen and oxygen atoms in total. The van der Waals surface area contributed by atoms with Crippen molar-refractivity contribution >= 4 is 33.6 Å². The zero-order valence-corrected chi connectivity index (χ0v) is 18.3. The van der Waals surface area contributed by atoms with E-state index in [4.69, 9.17) is 0 Å². The SMILES string of the molecule is CC(=O)NC(Cc1c[nH]c2ccccc12)C(=O)NCc1cc(C)cc2c(C)c(C)[nH]c12. The topological polar surface area (TPSA) is 89.8 Å². The minimum Gasteiger partial charge on any atom is -0.361 e. The van der Waals surface area contributed by atoms with E-state index in [1.165, 1.54) is 17.9 Å². The Balaban J connectivity index is 1.55. The van der Waals surface area contributed by atoms with Crippen molar-refractivity contribution in [2.75, 3.05) is 0 Å². The second-order valence-corrected chi connectivity index (χ2v) is 8.26. The number of H-pyrrole nitrogens is 2. The molecule has 0 aliphatic carbocycles. The maximum Gasteiger partial charge on any atom is 0.243 e. The van der Waals surface area contributed by atoms with Gasteiger partial charge in [-0.2, -0.15) is 0 Å². The third-order valence-electron chi connectivity index (χ3n) is 5.89. The Hall–Kier alpha value is -3.54. The molecule has 4 rings (SSSR count). The first-order chi connectivity index (χ1) is 14.8. The van der Waals surface area contributed by atoms with Crippen molar-refractivity contribution in [3.63, 3.8) is 0 Å². The summed E-state index contributed by atoms with van der Waals surface area (Å²) in [6, 6.07) is 11.5. The molecule has 0 bridgehead atoms. The number of benzene rings is 2. The van der Waals surface area contributed by atoms with E-state index in [0.717, 1.165) is 38.8 Å². The van der Waals surface area contributed by atoms with E-state index in [0.29, 0.717) is 13.0 Å². The Bertz CT molecular complexity index is 1280. The zero-order chi connectivity index (χ0) is 22.1. The van der Waals surface area contributed by atoms with E-state index < -0.39 is 6.04 Å².